The number of nitrogens with zero attached hydrogens (tertiary/aromatic N) is 5. The molecule has 1 fully saturated rings. The molecule has 0 saturated carbocycles. The van der Waals surface area contributed by atoms with Gasteiger partial charge in [0.1, 0.15) is 11.5 Å². The van der Waals surface area contributed by atoms with E-state index in [0.29, 0.717) is 0 Å². The maximum atomic E-state index is 5.45. The topological polar surface area (TPSA) is 55.5 Å². The molecule has 4 heterocycles. The average molecular weight is 385 g/mol. The molecule has 0 unspecified atom stereocenters. The molecule has 6 heteroatoms. The Balaban J connectivity index is 1.42. The highest BCUT2D eigenvalue weighted by molar-refractivity contribution is 5.65. The van der Waals surface area contributed by atoms with E-state index in [0.717, 1.165) is 55.5 Å². The van der Waals surface area contributed by atoms with Gasteiger partial charge in [-0.1, -0.05) is 18.2 Å². The van der Waals surface area contributed by atoms with Gasteiger partial charge >= 0.3 is 0 Å². The number of pyridine rings is 1. The van der Waals surface area contributed by atoms with E-state index in [-0.39, 0.29) is 0 Å². The Morgan fingerprint density at radius 2 is 1.69 bits per heavy atom. The zero-order valence-electron chi connectivity index (χ0n) is 16.5. The van der Waals surface area contributed by atoms with Crippen molar-refractivity contribution < 1.29 is 4.74 Å². The van der Waals surface area contributed by atoms with E-state index in [4.69, 9.17) is 4.74 Å². The molecular formula is C23H23N5O. The highest BCUT2D eigenvalue weighted by atomic mass is 16.5. The number of anilines is 1. The minimum absolute atomic E-state index is 0.771. The molecule has 0 N–H and O–H groups in total. The molecule has 0 atom stereocenters. The molecule has 0 spiro atoms. The minimum Gasteiger partial charge on any atom is -0.378 e. The fourth-order valence-corrected chi connectivity index (χ4v) is 3.83. The van der Waals surface area contributed by atoms with Gasteiger partial charge in [-0.2, -0.15) is 0 Å². The summed E-state index contributed by atoms with van der Waals surface area (Å²) in [5.41, 5.74) is 6.74. The van der Waals surface area contributed by atoms with Crippen molar-refractivity contribution >= 4 is 11.3 Å². The lowest BCUT2D eigenvalue weighted by Crippen LogP contribution is -2.36. The molecule has 1 aliphatic heterocycles. The van der Waals surface area contributed by atoms with Gasteiger partial charge in [0, 0.05) is 55.5 Å². The van der Waals surface area contributed by atoms with Gasteiger partial charge in [0.25, 0.3) is 0 Å². The van der Waals surface area contributed by atoms with Crippen LogP contribution in [0.5, 0.6) is 0 Å². The van der Waals surface area contributed by atoms with Crippen molar-refractivity contribution in [1.29, 1.82) is 0 Å². The first-order valence-corrected chi connectivity index (χ1v) is 9.93. The number of rotatable bonds is 4. The number of benzene rings is 1. The first-order chi connectivity index (χ1) is 14.3. The molecule has 0 amide bonds. The first-order valence-electron chi connectivity index (χ1n) is 9.93. The summed E-state index contributed by atoms with van der Waals surface area (Å²) < 4.78 is 7.56. The van der Waals surface area contributed by atoms with Crippen LogP contribution >= 0.6 is 0 Å². The maximum absolute atomic E-state index is 5.45. The van der Waals surface area contributed by atoms with Gasteiger partial charge in [-0.15, -0.1) is 0 Å². The smallest absolute Gasteiger partial charge is 0.140 e. The third-order valence-corrected chi connectivity index (χ3v) is 5.41. The fraction of sp³-hybridized carbons (Fsp3) is 0.261. The molecule has 0 aliphatic carbocycles. The zero-order valence-corrected chi connectivity index (χ0v) is 16.5. The van der Waals surface area contributed by atoms with E-state index in [1.54, 1.807) is 0 Å². The Bertz CT molecular complexity index is 1110. The van der Waals surface area contributed by atoms with E-state index in [1.165, 1.54) is 16.8 Å². The molecule has 4 aromatic rings. The van der Waals surface area contributed by atoms with Crippen molar-refractivity contribution in [2.45, 2.75) is 13.3 Å². The first kappa shape index (κ1) is 17.8. The third-order valence-electron chi connectivity index (χ3n) is 5.41. The quantitative estimate of drug-likeness (QED) is 0.538. The molecule has 1 aromatic carbocycles. The Kier molecular flexibility index (Phi) is 4.69. The van der Waals surface area contributed by atoms with Crippen molar-refractivity contribution in [2.24, 2.45) is 0 Å². The van der Waals surface area contributed by atoms with Crippen molar-refractivity contribution in [3.8, 4) is 11.3 Å². The summed E-state index contributed by atoms with van der Waals surface area (Å²) in [4.78, 5) is 15.6. The van der Waals surface area contributed by atoms with Crippen LogP contribution in [0.15, 0.2) is 61.2 Å². The van der Waals surface area contributed by atoms with Crippen LogP contribution in [-0.2, 0) is 11.2 Å². The van der Waals surface area contributed by atoms with Gasteiger partial charge in [0.05, 0.1) is 18.9 Å². The monoisotopic (exact) mass is 385 g/mol. The average Bonchev–Trinajstić information content (AvgIpc) is 3.26. The van der Waals surface area contributed by atoms with Crippen molar-refractivity contribution in [3.05, 3.63) is 78.1 Å². The lowest BCUT2D eigenvalue weighted by molar-refractivity contribution is 0.122. The molecule has 0 bridgehead atoms. The Hall–Kier alpha value is -3.25. The Labute approximate surface area is 169 Å². The van der Waals surface area contributed by atoms with Crippen molar-refractivity contribution in [3.63, 3.8) is 0 Å². The molecule has 5 rings (SSSR count). The van der Waals surface area contributed by atoms with Crippen LogP contribution in [-0.4, -0.2) is 45.7 Å². The molecule has 3 aromatic heterocycles. The second-order valence-electron chi connectivity index (χ2n) is 7.33. The van der Waals surface area contributed by atoms with Crippen LogP contribution in [0.4, 0.5) is 5.69 Å². The third kappa shape index (κ3) is 3.59. The number of hydrogen-bond donors (Lipinski definition) is 0. The molecular weight excluding hydrogens is 362 g/mol. The largest absolute Gasteiger partial charge is 0.378 e. The number of aromatic nitrogens is 4. The number of ether oxygens (including phenoxy) is 1. The molecule has 146 valence electrons. The molecule has 6 nitrogen and oxygen atoms in total. The van der Waals surface area contributed by atoms with E-state index < -0.39 is 0 Å². The molecule has 0 radical (unpaired) electrons. The zero-order chi connectivity index (χ0) is 19.6. The normalized spacial score (nSPS) is 14.4. The lowest BCUT2D eigenvalue weighted by atomic mass is 10.0. The van der Waals surface area contributed by atoms with Gasteiger partial charge in [0.2, 0.25) is 0 Å². The fourth-order valence-electron chi connectivity index (χ4n) is 3.83. The number of hydrogen-bond acceptors (Lipinski definition) is 5. The van der Waals surface area contributed by atoms with Crippen LogP contribution in [0.25, 0.3) is 16.9 Å². The summed E-state index contributed by atoms with van der Waals surface area (Å²) in [6.45, 7) is 5.41. The minimum atomic E-state index is 0.771. The summed E-state index contributed by atoms with van der Waals surface area (Å²) in [6.07, 6.45) is 8.41. The van der Waals surface area contributed by atoms with E-state index in [2.05, 4.69) is 60.7 Å². The van der Waals surface area contributed by atoms with Crippen LogP contribution in [0.3, 0.4) is 0 Å². The SMILES string of the molecule is Cc1ncc(-c2ccc(Cc3ccc(N4CCOCC4)cc3)c3nccn23)cn1. The van der Waals surface area contributed by atoms with E-state index in [1.807, 2.05) is 31.7 Å². The highest BCUT2D eigenvalue weighted by Gasteiger charge is 2.12. The number of morpholine rings is 1. The summed E-state index contributed by atoms with van der Waals surface area (Å²) in [6, 6.07) is 13.1. The summed E-state index contributed by atoms with van der Waals surface area (Å²) in [5.74, 6) is 0.771. The second kappa shape index (κ2) is 7.64. The maximum Gasteiger partial charge on any atom is 0.140 e. The van der Waals surface area contributed by atoms with Crippen LogP contribution in [0.2, 0.25) is 0 Å². The van der Waals surface area contributed by atoms with Crippen LogP contribution in [0, 0.1) is 6.92 Å². The molecule has 1 aliphatic rings. The summed E-state index contributed by atoms with van der Waals surface area (Å²) in [5, 5.41) is 0. The van der Waals surface area contributed by atoms with E-state index in [9.17, 15) is 0 Å². The van der Waals surface area contributed by atoms with Crippen molar-refractivity contribution in [1.82, 2.24) is 19.4 Å². The second-order valence-corrected chi connectivity index (χ2v) is 7.33. The van der Waals surface area contributed by atoms with Gasteiger partial charge in [0.15, 0.2) is 0 Å². The highest BCUT2D eigenvalue weighted by Crippen LogP contribution is 2.24. The van der Waals surface area contributed by atoms with E-state index >= 15 is 0 Å². The van der Waals surface area contributed by atoms with Gasteiger partial charge in [-0.05, 0) is 36.2 Å². The van der Waals surface area contributed by atoms with Crippen molar-refractivity contribution in [2.75, 3.05) is 31.2 Å². The Morgan fingerprint density at radius 1 is 0.931 bits per heavy atom. The van der Waals surface area contributed by atoms with Crippen LogP contribution in [0.1, 0.15) is 17.0 Å². The molecule has 29 heavy (non-hydrogen) atoms. The Morgan fingerprint density at radius 3 is 2.45 bits per heavy atom. The van der Waals surface area contributed by atoms with Gasteiger partial charge in [-0.3, -0.25) is 4.40 Å². The summed E-state index contributed by atoms with van der Waals surface area (Å²) in [7, 11) is 0. The van der Waals surface area contributed by atoms with Gasteiger partial charge < -0.3 is 9.64 Å². The predicted octanol–water partition coefficient (Wildman–Crippen LogP) is 3.53. The number of imidazole rings is 1. The molecule has 1 saturated heterocycles. The predicted molar refractivity (Wildman–Crippen MR) is 113 cm³/mol. The number of aryl methyl sites for hydroxylation is 1. The summed E-state index contributed by atoms with van der Waals surface area (Å²) >= 11 is 0. The van der Waals surface area contributed by atoms with Gasteiger partial charge in [-0.25, -0.2) is 15.0 Å². The standard InChI is InChI=1S/C23H23N5O/c1-17-25-15-20(16-26-17)22-7-4-19(23-24-8-9-28(22)23)14-18-2-5-21(6-3-18)27-10-12-29-13-11-27/h2-9,15-16H,10-14H2,1H3. The van der Waals surface area contributed by atoms with Crippen LogP contribution < -0.4 is 4.90 Å². The number of fused-ring (bicyclic) bond motifs is 1. The lowest BCUT2D eigenvalue weighted by Gasteiger charge is -2.28.